The van der Waals surface area contributed by atoms with Crippen LogP contribution in [0.3, 0.4) is 0 Å². The van der Waals surface area contributed by atoms with E-state index in [0.29, 0.717) is 12.5 Å². The van der Waals surface area contributed by atoms with E-state index in [1.54, 1.807) is 18.4 Å². The number of thiazole rings is 1. The number of halogens is 1. The highest BCUT2D eigenvalue weighted by Gasteiger charge is 2.26. The van der Waals surface area contributed by atoms with Crippen LogP contribution < -0.4 is 15.0 Å². The predicted octanol–water partition coefficient (Wildman–Crippen LogP) is 3.79. The number of aliphatic imine (C=N–C) groups is 1. The summed E-state index contributed by atoms with van der Waals surface area (Å²) in [5, 5.41) is 6.54. The molecule has 0 aliphatic carbocycles. The van der Waals surface area contributed by atoms with E-state index in [2.05, 4.69) is 39.6 Å². The Bertz CT molecular complexity index is 762. The lowest BCUT2D eigenvalue weighted by molar-refractivity contribution is 0.414. The molecule has 1 unspecified atom stereocenters. The average molecular weight is 515 g/mol. The molecule has 2 heterocycles. The number of benzene rings is 1. The van der Waals surface area contributed by atoms with Gasteiger partial charge in [0, 0.05) is 45.0 Å². The van der Waals surface area contributed by atoms with Crippen LogP contribution in [0.25, 0.3) is 0 Å². The minimum absolute atomic E-state index is 0. The zero-order valence-electron chi connectivity index (χ0n) is 17.0. The third-order valence-electron chi connectivity index (χ3n) is 4.72. The van der Waals surface area contributed by atoms with Crippen LogP contribution in [0.15, 0.2) is 34.6 Å². The van der Waals surface area contributed by atoms with Crippen LogP contribution in [0.2, 0.25) is 0 Å². The highest BCUT2D eigenvalue weighted by Crippen LogP contribution is 2.28. The van der Waals surface area contributed by atoms with Crippen molar-refractivity contribution in [2.75, 3.05) is 45.7 Å². The van der Waals surface area contributed by atoms with E-state index in [1.165, 1.54) is 5.56 Å². The molecule has 6 nitrogen and oxygen atoms in total. The zero-order chi connectivity index (χ0) is 19.2. The number of anilines is 1. The quantitative estimate of drug-likeness (QED) is 0.361. The summed E-state index contributed by atoms with van der Waals surface area (Å²) in [5.41, 5.74) is 2.38. The number of ether oxygens (including phenoxy) is 1. The van der Waals surface area contributed by atoms with Crippen molar-refractivity contribution in [1.82, 2.24) is 15.2 Å². The summed E-state index contributed by atoms with van der Waals surface area (Å²) < 4.78 is 5.27. The molecule has 0 saturated carbocycles. The number of likely N-dealkylation sites (tertiary alicyclic amines) is 1. The molecule has 1 fully saturated rings. The Labute approximate surface area is 189 Å². The van der Waals surface area contributed by atoms with Gasteiger partial charge < -0.3 is 19.9 Å². The van der Waals surface area contributed by atoms with Crippen LogP contribution in [-0.4, -0.2) is 56.7 Å². The van der Waals surface area contributed by atoms with Gasteiger partial charge in [0.1, 0.15) is 5.75 Å². The number of nitrogens with zero attached hydrogens (tertiary/aromatic N) is 4. The largest absolute Gasteiger partial charge is 0.497 e. The van der Waals surface area contributed by atoms with Gasteiger partial charge >= 0.3 is 0 Å². The van der Waals surface area contributed by atoms with Crippen molar-refractivity contribution in [1.29, 1.82) is 0 Å². The third kappa shape index (κ3) is 5.73. The van der Waals surface area contributed by atoms with E-state index in [9.17, 15) is 0 Å². The summed E-state index contributed by atoms with van der Waals surface area (Å²) in [5.74, 6) is 2.41. The van der Waals surface area contributed by atoms with Gasteiger partial charge in [0.25, 0.3) is 0 Å². The predicted molar refractivity (Wildman–Crippen MR) is 129 cm³/mol. The Morgan fingerprint density at radius 3 is 2.71 bits per heavy atom. The van der Waals surface area contributed by atoms with E-state index < -0.39 is 0 Å². The topological polar surface area (TPSA) is 53.0 Å². The van der Waals surface area contributed by atoms with E-state index in [-0.39, 0.29) is 24.0 Å². The Kier molecular flexibility index (Phi) is 8.81. The second-order valence-electron chi connectivity index (χ2n) is 6.89. The molecule has 3 rings (SSSR count). The first-order valence-corrected chi connectivity index (χ1v) is 10.3. The maximum atomic E-state index is 5.27. The normalized spacial score (nSPS) is 16.6. The maximum absolute atomic E-state index is 5.27. The fourth-order valence-corrected chi connectivity index (χ4v) is 4.01. The fraction of sp³-hybridized carbons (Fsp3) is 0.500. The molecule has 1 aromatic heterocycles. The van der Waals surface area contributed by atoms with Crippen LogP contribution in [0.4, 0.5) is 5.13 Å². The Morgan fingerprint density at radius 1 is 1.36 bits per heavy atom. The number of aromatic nitrogens is 1. The molecule has 2 aromatic rings. The summed E-state index contributed by atoms with van der Waals surface area (Å²) in [4.78, 5) is 13.8. The molecule has 1 N–H and O–H groups in total. The molecule has 1 aromatic carbocycles. The van der Waals surface area contributed by atoms with Crippen LogP contribution >= 0.6 is 35.3 Å². The lowest BCUT2D eigenvalue weighted by Crippen LogP contribution is -2.40. The molecule has 28 heavy (non-hydrogen) atoms. The van der Waals surface area contributed by atoms with Crippen molar-refractivity contribution >= 4 is 46.4 Å². The lowest BCUT2D eigenvalue weighted by atomic mass is 9.98. The number of hydrogen-bond acceptors (Lipinski definition) is 5. The molecule has 0 amide bonds. The van der Waals surface area contributed by atoms with Crippen LogP contribution in [0.5, 0.6) is 5.75 Å². The van der Waals surface area contributed by atoms with Gasteiger partial charge in [-0.2, -0.15) is 0 Å². The summed E-state index contributed by atoms with van der Waals surface area (Å²) in [6.45, 7) is 5.58. The number of nitrogens with one attached hydrogen (secondary N) is 1. The molecular formula is C20H30IN5OS. The van der Waals surface area contributed by atoms with Gasteiger partial charge in [0.15, 0.2) is 11.1 Å². The molecular weight excluding hydrogens is 485 g/mol. The SMILES string of the molecule is CCNC(=NCc1csc(N(C)C)n1)N1CCC(c2ccc(OC)cc2)C1.I. The molecule has 8 heteroatoms. The minimum Gasteiger partial charge on any atom is -0.497 e. The first-order valence-electron chi connectivity index (χ1n) is 9.39. The Hall–Kier alpha value is -1.55. The second kappa shape index (κ2) is 10.8. The second-order valence-corrected chi connectivity index (χ2v) is 7.73. The Balaban J connectivity index is 0.00000280. The van der Waals surface area contributed by atoms with Gasteiger partial charge in [-0.05, 0) is 31.0 Å². The number of rotatable bonds is 6. The van der Waals surface area contributed by atoms with E-state index >= 15 is 0 Å². The van der Waals surface area contributed by atoms with E-state index in [1.807, 2.05) is 31.1 Å². The zero-order valence-corrected chi connectivity index (χ0v) is 20.2. The van der Waals surface area contributed by atoms with Gasteiger partial charge in [-0.15, -0.1) is 35.3 Å². The summed E-state index contributed by atoms with van der Waals surface area (Å²) in [7, 11) is 5.73. The lowest BCUT2D eigenvalue weighted by Gasteiger charge is -2.21. The number of hydrogen-bond donors (Lipinski definition) is 1. The molecule has 154 valence electrons. The van der Waals surface area contributed by atoms with E-state index in [4.69, 9.17) is 9.73 Å². The molecule has 0 bridgehead atoms. The Morgan fingerprint density at radius 2 is 2.11 bits per heavy atom. The number of guanidine groups is 1. The molecule has 1 saturated heterocycles. The van der Waals surface area contributed by atoms with Crippen molar-refractivity contribution in [3.05, 3.63) is 40.9 Å². The van der Waals surface area contributed by atoms with Crippen LogP contribution in [-0.2, 0) is 6.54 Å². The molecule has 0 radical (unpaired) electrons. The fourth-order valence-electron chi connectivity index (χ4n) is 3.26. The van der Waals surface area contributed by atoms with Gasteiger partial charge in [-0.1, -0.05) is 12.1 Å². The van der Waals surface area contributed by atoms with Crippen molar-refractivity contribution in [2.24, 2.45) is 4.99 Å². The average Bonchev–Trinajstić information content (AvgIpc) is 3.35. The summed E-state index contributed by atoms with van der Waals surface area (Å²) in [6.07, 6.45) is 1.14. The molecule has 0 spiro atoms. The smallest absolute Gasteiger partial charge is 0.194 e. The van der Waals surface area contributed by atoms with Gasteiger partial charge in [0.2, 0.25) is 0 Å². The van der Waals surface area contributed by atoms with Gasteiger partial charge in [-0.3, -0.25) is 0 Å². The first-order chi connectivity index (χ1) is 13.1. The van der Waals surface area contributed by atoms with Gasteiger partial charge in [-0.25, -0.2) is 9.98 Å². The third-order valence-corrected chi connectivity index (χ3v) is 5.78. The van der Waals surface area contributed by atoms with E-state index in [0.717, 1.165) is 48.6 Å². The highest BCUT2D eigenvalue weighted by atomic mass is 127. The minimum atomic E-state index is 0. The first kappa shape index (κ1) is 22.7. The summed E-state index contributed by atoms with van der Waals surface area (Å²) >= 11 is 1.66. The monoisotopic (exact) mass is 515 g/mol. The molecule has 1 atom stereocenters. The van der Waals surface area contributed by atoms with Crippen molar-refractivity contribution in [3.63, 3.8) is 0 Å². The standard InChI is InChI=1S/C20H29N5OS.HI/c1-5-21-19(22-12-17-14-27-20(23-17)24(2)3)25-11-10-16(13-25)15-6-8-18(26-4)9-7-15;/h6-9,14,16H,5,10-13H2,1-4H3,(H,21,22);1H. The van der Waals surface area contributed by atoms with Crippen molar-refractivity contribution < 1.29 is 4.74 Å². The van der Waals surface area contributed by atoms with Crippen molar-refractivity contribution in [2.45, 2.75) is 25.8 Å². The van der Waals surface area contributed by atoms with Gasteiger partial charge in [0.05, 0.1) is 19.3 Å². The molecule has 1 aliphatic heterocycles. The van der Waals surface area contributed by atoms with Crippen molar-refractivity contribution in [3.8, 4) is 5.75 Å². The maximum Gasteiger partial charge on any atom is 0.194 e. The van der Waals surface area contributed by atoms with Crippen LogP contribution in [0, 0.1) is 0 Å². The highest BCUT2D eigenvalue weighted by molar-refractivity contribution is 14.0. The summed E-state index contributed by atoms with van der Waals surface area (Å²) in [6, 6.07) is 8.44. The van der Waals surface area contributed by atoms with Crippen LogP contribution in [0.1, 0.15) is 30.5 Å². The number of methoxy groups -OCH3 is 1. The molecule has 1 aliphatic rings.